The summed E-state index contributed by atoms with van der Waals surface area (Å²) in [7, 11) is 3.37. The first-order chi connectivity index (χ1) is 6.57. The van der Waals surface area contributed by atoms with E-state index in [1.54, 1.807) is 14.1 Å². The zero-order chi connectivity index (χ0) is 10.7. The van der Waals surface area contributed by atoms with E-state index in [0.29, 0.717) is 17.9 Å². The van der Waals surface area contributed by atoms with Crippen LogP contribution in [0.2, 0.25) is 0 Å². The minimum Gasteiger partial charge on any atom is -0.389 e. The first kappa shape index (κ1) is 11.0. The molecule has 1 aromatic heterocycles. The fourth-order valence-electron chi connectivity index (χ4n) is 1.22. The van der Waals surface area contributed by atoms with E-state index in [1.165, 1.54) is 10.9 Å². The van der Waals surface area contributed by atoms with Gasteiger partial charge in [-0.2, -0.15) is 5.10 Å². The average Bonchev–Trinajstić information content (AvgIpc) is 2.47. The van der Waals surface area contributed by atoms with Crippen molar-refractivity contribution in [3.63, 3.8) is 0 Å². The molecule has 1 heterocycles. The molecule has 6 nitrogen and oxygen atoms in total. The van der Waals surface area contributed by atoms with Gasteiger partial charge >= 0.3 is 0 Å². The lowest BCUT2D eigenvalue weighted by atomic mass is 10.1. The van der Waals surface area contributed by atoms with Crippen LogP contribution in [-0.4, -0.2) is 39.7 Å². The number of likely N-dealkylation sites (N-methyl/N-ethyl adjacent to an activating group) is 1. The van der Waals surface area contributed by atoms with Gasteiger partial charge in [0.25, 0.3) is 0 Å². The summed E-state index contributed by atoms with van der Waals surface area (Å²) in [4.78, 5) is 0. The van der Waals surface area contributed by atoms with Gasteiger partial charge in [-0.3, -0.25) is 4.68 Å². The maximum Gasteiger partial charge on any atom is 0.127 e. The Morgan fingerprint density at radius 1 is 1.64 bits per heavy atom. The molecule has 5 N–H and O–H groups in total. The Hall–Kier alpha value is -1.11. The normalized spacial score (nSPS) is 15.4. The summed E-state index contributed by atoms with van der Waals surface area (Å²) in [5, 5.41) is 25.8. The van der Waals surface area contributed by atoms with Gasteiger partial charge in [0.15, 0.2) is 0 Å². The third kappa shape index (κ3) is 2.03. The van der Waals surface area contributed by atoms with E-state index < -0.39 is 12.2 Å². The Kier molecular flexibility index (Phi) is 3.45. The zero-order valence-electron chi connectivity index (χ0n) is 8.31. The smallest absolute Gasteiger partial charge is 0.127 e. The maximum absolute atomic E-state index is 9.69. The highest BCUT2D eigenvalue weighted by Crippen LogP contribution is 2.21. The standard InChI is InChI=1S/C8H16N4O2/c1-10-4-6(13)7(14)5-3-11-12(2)8(5)9/h3,6-7,10,13-14H,4,9H2,1-2H3. The Morgan fingerprint density at radius 3 is 2.71 bits per heavy atom. The summed E-state index contributed by atoms with van der Waals surface area (Å²) in [6.45, 7) is 0.301. The van der Waals surface area contributed by atoms with E-state index in [-0.39, 0.29) is 0 Å². The number of nitrogens with two attached hydrogens (primary N) is 1. The van der Waals surface area contributed by atoms with Crippen molar-refractivity contribution in [3.05, 3.63) is 11.8 Å². The molecular weight excluding hydrogens is 184 g/mol. The van der Waals surface area contributed by atoms with Gasteiger partial charge in [0.2, 0.25) is 0 Å². The second-order valence-corrected chi connectivity index (χ2v) is 3.18. The maximum atomic E-state index is 9.69. The van der Waals surface area contributed by atoms with Gasteiger partial charge in [-0.05, 0) is 7.05 Å². The third-order valence-corrected chi connectivity index (χ3v) is 2.11. The van der Waals surface area contributed by atoms with Gasteiger partial charge in [-0.1, -0.05) is 0 Å². The molecule has 80 valence electrons. The second-order valence-electron chi connectivity index (χ2n) is 3.18. The SMILES string of the molecule is CNCC(O)C(O)c1cnn(C)c1N. The van der Waals surface area contributed by atoms with E-state index in [2.05, 4.69) is 10.4 Å². The molecule has 1 rings (SSSR count). The van der Waals surface area contributed by atoms with Gasteiger partial charge in [0.1, 0.15) is 11.9 Å². The lowest BCUT2D eigenvalue weighted by Crippen LogP contribution is -2.29. The molecule has 0 aliphatic heterocycles. The van der Waals surface area contributed by atoms with Crippen LogP contribution in [-0.2, 0) is 7.05 Å². The predicted molar refractivity (Wildman–Crippen MR) is 52.5 cm³/mol. The van der Waals surface area contributed by atoms with Crippen LogP contribution < -0.4 is 11.1 Å². The van der Waals surface area contributed by atoms with Crippen molar-refractivity contribution in [3.8, 4) is 0 Å². The minimum atomic E-state index is -1.00. The van der Waals surface area contributed by atoms with E-state index in [0.717, 1.165) is 0 Å². The number of nitrogens with one attached hydrogen (secondary N) is 1. The van der Waals surface area contributed by atoms with Crippen LogP contribution >= 0.6 is 0 Å². The highest BCUT2D eigenvalue weighted by Gasteiger charge is 2.21. The second kappa shape index (κ2) is 4.41. The highest BCUT2D eigenvalue weighted by atomic mass is 16.3. The molecule has 0 saturated carbocycles. The van der Waals surface area contributed by atoms with Crippen LogP contribution in [0.25, 0.3) is 0 Å². The van der Waals surface area contributed by atoms with Crippen molar-refractivity contribution in [2.45, 2.75) is 12.2 Å². The van der Waals surface area contributed by atoms with E-state index >= 15 is 0 Å². The third-order valence-electron chi connectivity index (χ3n) is 2.11. The number of rotatable bonds is 4. The molecule has 14 heavy (non-hydrogen) atoms. The van der Waals surface area contributed by atoms with Crippen molar-refractivity contribution in [1.82, 2.24) is 15.1 Å². The number of aliphatic hydroxyl groups is 2. The van der Waals surface area contributed by atoms with Crippen LogP contribution in [0.5, 0.6) is 0 Å². The van der Waals surface area contributed by atoms with Crippen molar-refractivity contribution in [2.75, 3.05) is 19.3 Å². The Labute approximate surface area is 82.3 Å². The summed E-state index contributed by atoms with van der Waals surface area (Å²) in [6.07, 6.45) is -0.429. The fraction of sp³-hybridized carbons (Fsp3) is 0.625. The molecule has 0 bridgehead atoms. The van der Waals surface area contributed by atoms with Gasteiger partial charge in [-0.15, -0.1) is 0 Å². The summed E-state index contributed by atoms with van der Waals surface area (Å²) in [6, 6.07) is 0. The van der Waals surface area contributed by atoms with Crippen molar-refractivity contribution < 1.29 is 10.2 Å². The lowest BCUT2D eigenvalue weighted by Gasteiger charge is -2.16. The summed E-state index contributed by atoms with van der Waals surface area (Å²) < 4.78 is 1.45. The van der Waals surface area contributed by atoms with E-state index in [9.17, 15) is 10.2 Å². The summed E-state index contributed by atoms with van der Waals surface area (Å²) >= 11 is 0. The van der Waals surface area contributed by atoms with Crippen LogP contribution in [0.4, 0.5) is 5.82 Å². The number of nitrogens with zero attached hydrogens (tertiary/aromatic N) is 2. The fourth-order valence-corrected chi connectivity index (χ4v) is 1.22. The molecule has 0 fully saturated rings. The molecule has 0 spiro atoms. The number of hydrogen-bond acceptors (Lipinski definition) is 5. The number of aromatic nitrogens is 2. The molecule has 0 amide bonds. The van der Waals surface area contributed by atoms with Crippen molar-refractivity contribution >= 4 is 5.82 Å². The molecule has 2 unspecified atom stereocenters. The number of hydrogen-bond donors (Lipinski definition) is 4. The van der Waals surface area contributed by atoms with Gasteiger partial charge in [0.05, 0.1) is 12.3 Å². The minimum absolute atomic E-state index is 0.301. The predicted octanol–water partition coefficient (Wildman–Crippen LogP) is -1.38. The molecule has 0 saturated heterocycles. The first-order valence-corrected chi connectivity index (χ1v) is 4.36. The summed E-state index contributed by atoms with van der Waals surface area (Å²) in [5.74, 6) is 0.368. The topological polar surface area (TPSA) is 96.3 Å². The van der Waals surface area contributed by atoms with E-state index in [4.69, 9.17) is 5.73 Å². The Morgan fingerprint density at radius 2 is 2.29 bits per heavy atom. The highest BCUT2D eigenvalue weighted by molar-refractivity contribution is 5.40. The quantitative estimate of drug-likeness (QED) is 0.480. The number of nitrogen functional groups attached to an aromatic ring is 1. The van der Waals surface area contributed by atoms with Gasteiger partial charge in [-0.25, -0.2) is 0 Å². The Bertz CT molecular complexity index is 300. The molecule has 0 radical (unpaired) electrons. The molecule has 0 aliphatic rings. The molecule has 0 aromatic carbocycles. The average molecular weight is 200 g/mol. The molecule has 0 aliphatic carbocycles. The lowest BCUT2D eigenvalue weighted by molar-refractivity contribution is 0.0206. The van der Waals surface area contributed by atoms with Gasteiger partial charge < -0.3 is 21.3 Å². The van der Waals surface area contributed by atoms with Gasteiger partial charge in [0, 0.05) is 19.2 Å². The largest absolute Gasteiger partial charge is 0.389 e. The van der Waals surface area contributed by atoms with Crippen molar-refractivity contribution in [1.29, 1.82) is 0 Å². The van der Waals surface area contributed by atoms with Crippen LogP contribution in [0, 0.1) is 0 Å². The number of aryl methyl sites for hydroxylation is 1. The van der Waals surface area contributed by atoms with Crippen LogP contribution in [0.15, 0.2) is 6.20 Å². The van der Waals surface area contributed by atoms with Crippen LogP contribution in [0.1, 0.15) is 11.7 Å². The van der Waals surface area contributed by atoms with Crippen molar-refractivity contribution in [2.24, 2.45) is 7.05 Å². The monoisotopic (exact) mass is 200 g/mol. The first-order valence-electron chi connectivity index (χ1n) is 4.36. The molecule has 6 heteroatoms. The van der Waals surface area contributed by atoms with Crippen LogP contribution in [0.3, 0.4) is 0 Å². The Balaban J connectivity index is 2.78. The molecule has 2 atom stereocenters. The number of anilines is 1. The number of aliphatic hydroxyl groups excluding tert-OH is 2. The zero-order valence-corrected chi connectivity index (χ0v) is 8.31. The molecular formula is C8H16N4O2. The molecule has 1 aromatic rings. The van der Waals surface area contributed by atoms with E-state index in [1.807, 2.05) is 0 Å². The summed E-state index contributed by atoms with van der Waals surface area (Å²) in [5.41, 5.74) is 6.10.